The van der Waals surface area contributed by atoms with Crippen molar-refractivity contribution in [3.05, 3.63) is 338 Å². The minimum absolute atomic E-state index is 0.436. The lowest BCUT2D eigenvalue weighted by atomic mass is 9.70. The van der Waals surface area contributed by atoms with E-state index in [9.17, 15) is 0 Å². The molecule has 2 aliphatic rings. The van der Waals surface area contributed by atoms with Gasteiger partial charge in [-0.1, -0.05) is 249 Å². The van der Waals surface area contributed by atoms with E-state index in [0.717, 1.165) is 72.4 Å². The maximum Gasteiger partial charge on any atom is 0.164 e. The van der Waals surface area contributed by atoms with Gasteiger partial charge in [0.1, 0.15) is 0 Å². The zero-order chi connectivity index (χ0) is 56.7. The van der Waals surface area contributed by atoms with E-state index in [1.807, 2.05) is 18.2 Å². The van der Waals surface area contributed by atoms with Gasteiger partial charge in [-0.05, 0) is 167 Å². The van der Waals surface area contributed by atoms with Gasteiger partial charge in [0.2, 0.25) is 0 Å². The molecule has 4 nitrogen and oxygen atoms in total. The van der Waals surface area contributed by atoms with Gasteiger partial charge in [0.15, 0.2) is 17.5 Å². The van der Waals surface area contributed by atoms with Crippen LogP contribution in [0.1, 0.15) is 22.3 Å². The number of benzene rings is 13. The van der Waals surface area contributed by atoms with Crippen molar-refractivity contribution in [2.24, 2.45) is 0 Å². The van der Waals surface area contributed by atoms with E-state index in [-0.39, 0.29) is 0 Å². The zero-order valence-corrected chi connectivity index (χ0v) is 46.8. The van der Waals surface area contributed by atoms with Gasteiger partial charge in [-0.3, -0.25) is 0 Å². The SMILES string of the molecule is c1ccc(-c2cc(-c3ccccc3)cc(-c3cccc(-c4nc(-c5ccccc5)nc(-c5cccc(-c6cccc7c6c6cc(-c8ccc9c(c8)C8(c%10ccccc%10-c%10ccccc%108)c8ccccc8-9)ccc6n7-c6ccccc6)c5)n4)c3)c2)cc1. The maximum absolute atomic E-state index is 5.36. The van der Waals surface area contributed by atoms with Crippen LogP contribution < -0.4 is 0 Å². The zero-order valence-electron chi connectivity index (χ0n) is 46.8. The third-order valence-electron chi connectivity index (χ3n) is 17.8. The van der Waals surface area contributed by atoms with Gasteiger partial charge in [0.25, 0.3) is 0 Å². The summed E-state index contributed by atoms with van der Waals surface area (Å²) >= 11 is 0. The average molecular weight is 1090 g/mol. The first-order chi connectivity index (χ1) is 42.6. The van der Waals surface area contributed by atoms with E-state index in [4.69, 9.17) is 15.0 Å². The minimum Gasteiger partial charge on any atom is -0.309 e. The molecule has 15 aromatic rings. The summed E-state index contributed by atoms with van der Waals surface area (Å²) in [7, 11) is 0. The van der Waals surface area contributed by atoms with Gasteiger partial charge in [-0.15, -0.1) is 0 Å². The van der Waals surface area contributed by atoms with Crippen LogP contribution in [-0.4, -0.2) is 19.5 Å². The Morgan fingerprint density at radius 2 is 0.605 bits per heavy atom. The molecule has 0 N–H and O–H groups in total. The summed E-state index contributed by atoms with van der Waals surface area (Å²) in [5, 5.41) is 2.36. The highest BCUT2D eigenvalue weighted by atomic mass is 15.0. The third-order valence-corrected chi connectivity index (χ3v) is 17.8. The normalized spacial score (nSPS) is 12.5. The second-order valence-corrected chi connectivity index (χ2v) is 22.6. The Labute approximate surface area is 499 Å². The van der Waals surface area contributed by atoms with Crippen LogP contribution in [0.15, 0.2) is 315 Å². The van der Waals surface area contributed by atoms with Crippen molar-refractivity contribution < 1.29 is 0 Å². The number of aromatic nitrogens is 4. The molecule has 2 aromatic heterocycles. The predicted molar refractivity (Wildman–Crippen MR) is 354 cm³/mol. The molecule has 0 saturated heterocycles. The van der Waals surface area contributed by atoms with E-state index in [1.165, 1.54) is 72.0 Å². The molecule has 0 amide bonds. The molecule has 400 valence electrons. The fourth-order valence-corrected chi connectivity index (χ4v) is 14.0. The predicted octanol–water partition coefficient (Wildman–Crippen LogP) is 20.6. The van der Waals surface area contributed by atoms with Gasteiger partial charge in [0, 0.05) is 33.2 Å². The van der Waals surface area contributed by atoms with Crippen molar-refractivity contribution in [1.82, 2.24) is 19.5 Å². The number of nitrogens with zero attached hydrogens (tertiary/aromatic N) is 4. The monoisotopic (exact) mass is 1090 g/mol. The van der Waals surface area contributed by atoms with E-state index in [1.54, 1.807) is 0 Å². The van der Waals surface area contributed by atoms with Crippen LogP contribution in [0.4, 0.5) is 0 Å². The molecule has 0 saturated carbocycles. The molecular weight excluding hydrogens is 1040 g/mol. The quantitative estimate of drug-likeness (QED) is 0.145. The summed E-state index contributed by atoms with van der Waals surface area (Å²) in [6.45, 7) is 0. The summed E-state index contributed by atoms with van der Waals surface area (Å²) in [6.07, 6.45) is 0. The van der Waals surface area contributed by atoms with Crippen LogP contribution in [0.25, 0.3) is 140 Å². The van der Waals surface area contributed by atoms with E-state index in [2.05, 4.69) is 302 Å². The molecule has 86 heavy (non-hydrogen) atoms. The first kappa shape index (κ1) is 49.3. The van der Waals surface area contributed by atoms with Crippen LogP contribution in [0.5, 0.6) is 0 Å². The summed E-state index contributed by atoms with van der Waals surface area (Å²) < 4.78 is 2.42. The highest BCUT2D eigenvalue weighted by Crippen LogP contribution is 2.63. The molecule has 0 fully saturated rings. The van der Waals surface area contributed by atoms with Crippen LogP contribution >= 0.6 is 0 Å². The lowest BCUT2D eigenvalue weighted by molar-refractivity contribution is 0.794. The van der Waals surface area contributed by atoms with Crippen molar-refractivity contribution in [2.75, 3.05) is 0 Å². The molecule has 17 rings (SSSR count). The number of para-hydroxylation sites is 1. The Morgan fingerprint density at radius 3 is 1.19 bits per heavy atom. The number of fused-ring (bicyclic) bond motifs is 13. The Hall–Kier alpha value is -11.3. The fourth-order valence-electron chi connectivity index (χ4n) is 14.0. The fraction of sp³-hybridized carbons (Fsp3) is 0.0122. The molecule has 0 radical (unpaired) electrons. The minimum atomic E-state index is -0.436. The Morgan fingerprint density at radius 1 is 0.221 bits per heavy atom. The number of hydrogen-bond acceptors (Lipinski definition) is 3. The molecule has 0 atom stereocenters. The lowest BCUT2D eigenvalue weighted by Gasteiger charge is -2.30. The van der Waals surface area contributed by atoms with Crippen molar-refractivity contribution >= 4 is 21.8 Å². The van der Waals surface area contributed by atoms with Crippen LogP contribution in [0.3, 0.4) is 0 Å². The smallest absolute Gasteiger partial charge is 0.164 e. The number of hydrogen-bond donors (Lipinski definition) is 0. The van der Waals surface area contributed by atoms with Crippen LogP contribution in [0, 0.1) is 0 Å². The van der Waals surface area contributed by atoms with Crippen molar-refractivity contribution in [3.8, 4) is 118 Å². The second kappa shape index (κ2) is 19.9. The average Bonchev–Trinajstić information content (AvgIpc) is 1.55. The largest absolute Gasteiger partial charge is 0.309 e. The highest BCUT2D eigenvalue weighted by molar-refractivity contribution is 6.17. The van der Waals surface area contributed by atoms with Crippen molar-refractivity contribution in [3.63, 3.8) is 0 Å². The molecule has 4 heteroatoms. The summed E-state index contributed by atoms with van der Waals surface area (Å²) in [5.41, 5.74) is 27.6. The van der Waals surface area contributed by atoms with E-state index in [0.29, 0.717) is 17.5 Å². The number of rotatable bonds is 9. The van der Waals surface area contributed by atoms with Crippen molar-refractivity contribution in [1.29, 1.82) is 0 Å². The maximum atomic E-state index is 5.36. The van der Waals surface area contributed by atoms with Gasteiger partial charge in [-0.2, -0.15) is 0 Å². The molecule has 0 aliphatic heterocycles. The second-order valence-electron chi connectivity index (χ2n) is 22.6. The highest BCUT2D eigenvalue weighted by Gasteiger charge is 2.51. The Kier molecular flexibility index (Phi) is 11.4. The molecule has 2 aliphatic carbocycles. The first-order valence-corrected chi connectivity index (χ1v) is 29.5. The standard InChI is InChI=1S/C82H52N4/c1-5-22-53(23-6-1)62-48-63(54-24-7-2-8-25-54)50-64(49-62)56-28-19-30-60(46-56)80-83-79(55-26-9-3-10-27-55)84-81(85-80)61-31-20-29-59(47-61)66-37-21-41-77-78(66)71-51-57(43-45-76(71)86(77)65-32-11-4-12-33-65)58-42-44-70-69-36-15-18-40-74(69)82(75(70)52-58)72-38-16-13-34-67(72)68-35-14-17-39-73(68)82/h1-52H. The van der Waals surface area contributed by atoms with E-state index < -0.39 is 5.41 Å². The van der Waals surface area contributed by atoms with Gasteiger partial charge < -0.3 is 4.57 Å². The molecule has 0 bridgehead atoms. The summed E-state index contributed by atoms with van der Waals surface area (Å²) in [5.74, 6) is 1.82. The van der Waals surface area contributed by atoms with Gasteiger partial charge in [-0.25, -0.2) is 15.0 Å². The molecule has 1 spiro atoms. The lowest BCUT2D eigenvalue weighted by Crippen LogP contribution is -2.25. The first-order valence-electron chi connectivity index (χ1n) is 29.5. The van der Waals surface area contributed by atoms with E-state index >= 15 is 0 Å². The molecule has 13 aromatic carbocycles. The summed E-state index contributed by atoms with van der Waals surface area (Å²) in [4.78, 5) is 15.9. The Balaban J connectivity index is 0.810. The van der Waals surface area contributed by atoms with Gasteiger partial charge >= 0.3 is 0 Å². The topological polar surface area (TPSA) is 43.6 Å². The summed E-state index contributed by atoms with van der Waals surface area (Å²) in [6, 6.07) is 115. The van der Waals surface area contributed by atoms with Crippen LogP contribution in [0.2, 0.25) is 0 Å². The molecular formula is C82H52N4. The third kappa shape index (κ3) is 7.88. The van der Waals surface area contributed by atoms with Crippen molar-refractivity contribution in [2.45, 2.75) is 5.41 Å². The Bertz CT molecular complexity index is 5040. The molecule has 2 heterocycles. The van der Waals surface area contributed by atoms with Crippen LogP contribution in [-0.2, 0) is 5.41 Å². The molecule has 0 unspecified atom stereocenters. The van der Waals surface area contributed by atoms with Gasteiger partial charge in [0.05, 0.1) is 16.4 Å².